The number of ether oxygens (including phenoxy) is 2. The van der Waals surface area contributed by atoms with Crippen molar-refractivity contribution in [3.05, 3.63) is 57.8 Å². The summed E-state index contributed by atoms with van der Waals surface area (Å²) in [7, 11) is 1.83. The zero-order valence-electron chi connectivity index (χ0n) is 17.5. The first-order valence-corrected chi connectivity index (χ1v) is 11.7. The highest BCUT2D eigenvalue weighted by Gasteiger charge is 2.13. The van der Waals surface area contributed by atoms with E-state index in [1.807, 2.05) is 26.1 Å². The number of halogens is 2. The van der Waals surface area contributed by atoms with Crippen LogP contribution in [0.25, 0.3) is 0 Å². The molecule has 3 rings (SSSR count). The molecular formula is C21H25BrFN5O2S. The SMILES string of the molecule is CCOc1cc(CNCCCSc2nnnn2C)cc(Br)c1OCc1ccccc1F. The molecule has 0 fully saturated rings. The number of hydrogen-bond donors (Lipinski definition) is 1. The Morgan fingerprint density at radius 1 is 1.23 bits per heavy atom. The topological polar surface area (TPSA) is 74.1 Å². The molecule has 7 nitrogen and oxygen atoms in total. The Hall–Kier alpha value is -2.17. The number of nitrogens with one attached hydrogen (secondary N) is 1. The molecule has 1 aromatic heterocycles. The van der Waals surface area contributed by atoms with Gasteiger partial charge in [-0.05, 0) is 70.0 Å². The number of nitrogens with zero attached hydrogens (tertiary/aromatic N) is 4. The molecule has 10 heteroatoms. The van der Waals surface area contributed by atoms with Gasteiger partial charge in [-0.2, -0.15) is 0 Å². The van der Waals surface area contributed by atoms with Crippen LogP contribution >= 0.6 is 27.7 Å². The van der Waals surface area contributed by atoms with Crippen LogP contribution in [0.3, 0.4) is 0 Å². The van der Waals surface area contributed by atoms with Gasteiger partial charge in [0.25, 0.3) is 0 Å². The Balaban J connectivity index is 1.52. The summed E-state index contributed by atoms with van der Waals surface area (Å²) in [5.74, 6) is 1.85. The summed E-state index contributed by atoms with van der Waals surface area (Å²) in [5, 5.41) is 15.7. The summed E-state index contributed by atoms with van der Waals surface area (Å²) in [4.78, 5) is 0. The largest absolute Gasteiger partial charge is 0.490 e. The average Bonchev–Trinajstić information content (AvgIpc) is 3.16. The third kappa shape index (κ3) is 6.91. The lowest BCUT2D eigenvalue weighted by molar-refractivity contribution is 0.264. The number of hydrogen-bond acceptors (Lipinski definition) is 7. The van der Waals surface area contributed by atoms with Gasteiger partial charge in [0.2, 0.25) is 5.16 Å². The molecule has 0 saturated carbocycles. The van der Waals surface area contributed by atoms with Crippen molar-refractivity contribution in [1.82, 2.24) is 25.5 Å². The van der Waals surface area contributed by atoms with Crippen LogP contribution in [0.1, 0.15) is 24.5 Å². The number of aromatic nitrogens is 4. The first kappa shape index (κ1) is 23.5. The summed E-state index contributed by atoms with van der Waals surface area (Å²) in [6, 6.07) is 10.5. The van der Waals surface area contributed by atoms with Crippen LogP contribution in [-0.4, -0.2) is 39.1 Å². The van der Waals surface area contributed by atoms with Crippen molar-refractivity contribution in [3.63, 3.8) is 0 Å². The van der Waals surface area contributed by atoms with Gasteiger partial charge in [-0.15, -0.1) is 5.10 Å². The van der Waals surface area contributed by atoms with Gasteiger partial charge < -0.3 is 14.8 Å². The molecular weight excluding hydrogens is 485 g/mol. The van der Waals surface area contributed by atoms with Crippen molar-refractivity contribution in [3.8, 4) is 11.5 Å². The zero-order chi connectivity index (χ0) is 22.1. The lowest BCUT2D eigenvalue weighted by atomic mass is 10.2. The van der Waals surface area contributed by atoms with Crippen molar-refractivity contribution in [2.75, 3.05) is 18.9 Å². The minimum atomic E-state index is -0.286. The molecule has 2 aromatic carbocycles. The molecule has 0 spiro atoms. The van der Waals surface area contributed by atoms with Crippen molar-refractivity contribution in [1.29, 1.82) is 0 Å². The molecule has 1 N–H and O–H groups in total. The van der Waals surface area contributed by atoms with Crippen LogP contribution in [0.2, 0.25) is 0 Å². The second-order valence-corrected chi connectivity index (χ2v) is 8.60. The van der Waals surface area contributed by atoms with E-state index in [9.17, 15) is 4.39 Å². The molecule has 0 saturated heterocycles. The van der Waals surface area contributed by atoms with Gasteiger partial charge in [0, 0.05) is 24.9 Å². The Bertz CT molecular complexity index is 988. The van der Waals surface area contributed by atoms with E-state index < -0.39 is 0 Å². The van der Waals surface area contributed by atoms with Gasteiger partial charge in [-0.3, -0.25) is 0 Å². The monoisotopic (exact) mass is 509 g/mol. The quantitative estimate of drug-likeness (QED) is 0.287. The van der Waals surface area contributed by atoms with Gasteiger partial charge in [0.15, 0.2) is 11.5 Å². The van der Waals surface area contributed by atoms with Crippen LogP contribution in [0.4, 0.5) is 4.39 Å². The van der Waals surface area contributed by atoms with E-state index in [-0.39, 0.29) is 12.4 Å². The van der Waals surface area contributed by atoms with E-state index in [2.05, 4.69) is 36.8 Å². The normalized spacial score (nSPS) is 11.0. The molecule has 0 aliphatic rings. The zero-order valence-corrected chi connectivity index (χ0v) is 19.9. The highest BCUT2D eigenvalue weighted by Crippen LogP contribution is 2.37. The Kier molecular flexibility index (Phi) is 9.11. The number of thioether (sulfide) groups is 1. The maximum Gasteiger partial charge on any atom is 0.209 e. The summed E-state index contributed by atoms with van der Waals surface area (Å²) >= 11 is 5.21. The number of rotatable bonds is 12. The third-order valence-electron chi connectivity index (χ3n) is 4.34. The Morgan fingerprint density at radius 2 is 2.06 bits per heavy atom. The molecule has 0 amide bonds. The van der Waals surface area contributed by atoms with Crippen molar-refractivity contribution in [2.45, 2.75) is 31.7 Å². The number of tetrazole rings is 1. The fourth-order valence-electron chi connectivity index (χ4n) is 2.83. The molecule has 0 bridgehead atoms. The molecule has 0 aliphatic heterocycles. The van der Waals surface area contributed by atoms with E-state index in [0.29, 0.717) is 30.2 Å². The fraction of sp³-hybridized carbons (Fsp3) is 0.381. The molecule has 0 unspecified atom stereocenters. The lowest BCUT2D eigenvalue weighted by Crippen LogP contribution is -2.15. The Morgan fingerprint density at radius 3 is 2.81 bits per heavy atom. The predicted molar refractivity (Wildman–Crippen MR) is 122 cm³/mol. The second kappa shape index (κ2) is 12.0. The first-order chi connectivity index (χ1) is 15.1. The fourth-order valence-corrected chi connectivity index (χ4v) is 4.22. The molecule has 1 heterocycles. The average molecular weight is 510 g/mol. The van der Waals surface area contributed by atoms with Gasteiger partial charge in [-0.25, -0.2) is 9.07 Å². The molecule has 0 aliphatic carbocycles. The first-order valence-electron chi connectivity index (χ1n) is 9.95. The Labute approximate surface area is 193 Å². The smallest absolute Gasteiger partial charge is 0.209 e. The highest BCUT2D eigenvalue weighted by atomic mass is 79.9. The minimum absolute atomic E-state index is 0.127. The molecule has 0 radical (unpaired) electrons. The van der Waals surface area contributed by atoms with Crippen LogP contribution in [0, 0.1) is 5.82 Å². The van der Waals surface area contributed by atoms with Gasteiger partial charge in [0.1, 0.15) is 12.4 Å². The van der Waals surface area contributed by atoms with Crippen LogP contribution in [-0.2, 0) is 20.2 Å². The van der Waals surface area contributed by atoms with Crippen molar-refractivity contribution < 1.29 is 13.9 Å². The van der Waals surface area contributed by atoms with E-state index in [1.165, 1.54) is 6.07 Å². The molecule has 3 aromatic rings. The van der Waals surface area contributed by atoms with Crippen LogP contribution in [0.15, 0.2) is 46.0 Å². The summed E-state index contributed by atoms with van der Waals surface area (Å²) in [6.45, 7) is 4.12. The second-order valence-electron chi connectivity index (χ2n) is 6.68. The van der Waals surface area contributed by atoms with E-state index >= 15 is 0 Å². The third-order valence-corrected chi connectivity index (χ3v) is 6.02. The highest BCUT2D eigenvalue weighted by molar-refractivity contribution is 9.10. The van der Waals surface area contributed by atoms with E-state index in [4.69, 9.17) is 9.47 Å². The summed E-state index contributed by atoms with van der Waals surface area (Å²) < 4.78 is 28.0. The van der Waals surface area contributed by atoms with Crippen LogP contribution < -0.4 is 14.8 Å². The lowest BCUT2D eigenvalue weighted by Gasteiger charge is -2.16. The molecule has 31 heavy (non-hydrogen) atoms. The van der Waals surface area contributed by atoms with Crippen LogP contribution in [0.5, 0.6) is 11.5 Å². The standard InChI is InChI=1S/C21H25BrFN5O2S/c1-3-29-19-12-15(13-24-9-6-10-31-21-25-26-27-28(21)2)11-17(22)20(19)30-14-16-7-4-5-8-18(16)23/h4-5,7-8,11-12,24H,3,6,9-10,13-14H2,1-2H3. The summed E-state index contributed by atoms with van der Waals surface area (Å²) in [5.41, 5.74) is 1.57. The number of aryl methyl sites for hydroxylation is 1. The molecule has 0 atom stereocenters. The van der Waals surface area contributed by atoms with Gasteiger partial charge >= 0.3 is 0 Å². The minimum Gasteiger partial charge on any atom is -0.490 e. The number of benzene rings is 2. The van der Waals surface area contributed by atoms with Gasteiger partial charge in [0.05, 0.1) is 11.1 Å². The summed E-state index contributed by atoms with van der Waals surface area (Å²) in [6.07, 6.45) is 0.987. The van der Waals surface area contributed by atoms with E-state index in [1.54, 1.807) is 34.6 Å². The van der Waals surface area contributed by atoms with Crippen molar-refractivity contribution >= 4 is 27.7 Å². The predicted octanol–water partition coefficient (Wildman–Crippen LogP) is 4.36. The van der Waals surface area contributed by atoms with Gasteiger partial charge in [-0.1, -0.05) is 30.0 Å². The van der Waals surface area contributed by atoms with E-state index in [0.717, 1.165) is 33.9 Å². The van der Waals surface area contributed by atoms with Crippen molar-refractivity contribution in [2.24, 2.45) is 7.05 Å². The maximum absolute atomic E-state index is 13.9. The molecule has 166 valence electrons. The maximum atomic E-state index is 13.9.